The number of nitrogens with one attached hydrogen (secondary N) is 2. The van der Waals surface area contributed by atoms with Gasteiger partial charge in [-0.25, -0.2) is 24.2 Å². The van der Waals surface area contributed by atoms with Crippen molar-refractivity contribution in [1.29, 1.82) is 0 Å². The first kappa shape index (κ1) is 34.4. The van der Waals surface area contributed by atoms with Crippen molar-refractivity contribution in [2.24, 2.45) is 0 Å². The second kappa shape index (κ2) is 17.2. The van der Waals surface area contributed by atoms with Gasteiger partial charge in [0.15, 0.2) is 0 Å². The number of halogens is 2. The topological polar surface area (TPSA) is 128 Å². The maximum atomic E-state index is 14.0. The van der Waals surface area contributed by atoms with Crippen molar-refractivity contribution in [3.05, 3.63) is 71.1 Å². The molecule has 3 rings (SSSR count). The van der Waals surface area contributed by atoms with Crippen LogP contribution in [0.4, 0.5) is 15.0 Å². The van der Waals surface area contributed by atoms with E-state index in [4.69, 9.17) is 29.9 Å². The lowest BCUT2D eigenvalue weighted by Gasteiger charge is -2.31. The summed E-state index contributed by atoms with van der Waals surface area (Å²) in [5.41, 5.74) is 3.44. The predicted octanol–water partition coefficient (Wildman–Crippen LogP) is 6.87. The van der Waals surface area contributed by atoms with Gasteiger partial charge >= 0.3 is 13.9 Å². The molecule has 234 valence electrons. The number of rotatable bonds is 17. The molecule has 0 saturated carbocycles. The van der Waals surface area contributed by atoms with Crippen molar-refractivity contribution in [2.75, 3.05) is 31.7 Å². The van der Waals surface area contributed by atoms with Crippen LogP contribution in [0.3, 0.4) is 0 Å². The number of phosphoric ester groups is 1. The summed E-state index contributed by atoms with van der Waals surface area (Å²) < 4.78 is 47.7. The Hall–Kier alpha value is -3.12. The minimum Gasteiger partial charge on any atom is -0.447 e. The number of nitrogens with zero attached hydrogens (tertiary/aromatic N) is 2. The third-order valence-electron chi connectivity index (χ3n) is 6.20. The maximum Gasteiger partial charge on any atom is 0.474 e. The molecular weight excluding hydrogens is 602 g/mol. The summed E-state index contributed by atoms with van der Waals surface area (Å²) in [5.74, 6) is -0.621. The van der Waals surface area contributed by atoms with Gasteiger partial charge in [-0.1, -0.05) is 48.0 Å². The first-order chi connectivity index (χ1) is 20.7. The van der Waals surface area contributed by atoms with Crippen LogP contribution in [-0.4, -0.2) is 54.5 Å². The molecule has 1 atom stereocenters. The Bertz CT molecular complexity index is 1410. The van der Waals surface area contributed by atoms with Crippen LogP contribution < -0.4 is 10.7 Å². The van der Waals surface area contributed by atoms with E-state index in [1.807, 2.05) is 24.3 Å². The molecule has 0 aliphatic heterocycles. The second-order valence-corrected chi connectivity index (χ2v) is 11.4. The van der Waals surface area contributed by atoms with E-state index in [1.54, 1.807) is 32.2 Å². The molecule has 0 bridgehead atoms. The van der Waals surface area contributed by atoms with Crippen molar-refractivity contribution < 1.29 is 36.9 Å². The highest BCUT2D eigenvalue weighted by atomic mass is 35.5. The summed E-state index contributed by atoms with van der Waals surface area (Å²) in [7, 11) is -3.65. The number of carbonyl (C=O) groups excluding carboxylic acids is 2. The Morgan fingerprint density at radius 2 is 1.77 bits per heavy atom. The van der Waals surface area contributed by atoms with E-state index in [9.17, 15) is 18.5 Å². The average Bonchev–Trinajstić information content (AvgIpc) is 2.97. The fraction of sp³-hybridized carbons (Fsp3) is 0.414. The van der Waals surface area contributed by atoms with E-state index < -0.39 is 25.8 Å². The van der Waals surface area contributed by atoms with Gasteiger partial charge in [-0.3, -0.25) is 28.7 Å². The first-order valence-corrected chi connectivity index (χ1v) is 15.8. The number of hydrogen-bond donors (Lipinski definition) is 2. The van der Waals surface area contributed by atoms with E-state index in [1.165, 1.54) is 24.1 Å². The quantitative estimate of drug-likeness (QED) is 0.0925. The van der Waals surface area contributed by atoms with Crippen molar-refractivity contribution in [1.82, 2.24) is 15.4 Å². The summed E-state index contributed by atoms with van der Waals surface area (Å²) in [5, 5.41) is 5.70. The minimum absolute atomic E-state index is 0.0505. The molecular formula is C29H37ClFN4O7P. The lowest BCUT2D eigenvalue weighted by molar-refractivity contribution is -0.136. The van der Waals surface area contributed by atoms with Crippen LogP contribution in [0, 0.1) is 5.82 Å². The minimum atomic E-state index is -3.65. The standard InChI is InChI=1S/C29H37ClFN4O7P/c1-4-40-43(38,41-5-2)42-16-9-8-14-25(35(21(3)36)33-19-24-13-10-15-26(31)28(24)30)20-39-29(37)34-27-17-22-11-6-7-12-23(22)18-32-27/h6-7,10-13,15,17-18,25,33H,4-5,8-9,14,16,19-20H2,1-3H3,(H,32,34,37). The highest BCUT2D eigenvalue weighted by Crippen LogP contribution is 2.49. The van der Waals surface area contributed by atoms with Crippen LogP contribution in [0.15, 0.2) is 54.7 Å². The van der Waals surface area contributed by atoms with Gasteiger partial charge in [-0.05, 0) is 56.2 Å². The number of anilines is 1. The number of pyridine rings is 1. The Kier molecular flexibility index (Phi) is 13.8. The Morgan fingerprint density at radius 1 is 1.05 bits per heavy atom. The smallest absolute Gasteiger partial charge is 0.447 e. The van der Waals surface area contributed by atoms with E-state index in [2.05, 4.69) is 15.7 Å². The number of ether oxygens (including phenoxy) is 1. The second-order valence-electron chi connectivity index (χ2n) is 9.34. The van der Waals surface area contributed by atoms with E-state index in [0.29, 0.717) is 30.6 Å². The molecule has 0 radical (unpaired) electrons. The molecule has 2 amide bonds. The molecule has 0 fully saturated rings. The summed E-state index contributed by atoms with van der Waals surface area (Å²) >= 11 is 6.09. The zero-order valence-corrected chi connectivity index (χ0v) is 26.0. The van der Waals surface area contributed by atoms with Crippen molar-refractivity contribution in [3.8, 4) is 0 Å². The highest BCUT2D eigenvalue weighted by molar-refractivity contribution is 7.48. The van der Waals surface area contributed by atoms with Gasteiger partial charge < -0.3 is 4.74 Å². The van der Waals surface area contributed by atoms with Gasteiger partial charge in [-0.15, -0.1) is 0 Å². The number of unbranched alkanes of at least 4 members (excludes halogenated alkanes) is 1. The van der Waals surface area contributed by atoms with Crippen molar-refractivity contribution >= 4 is 48.0 Å². The first-order valence-electron chi connectivity index (χ1n) is 13.9. The van der Waals surface area contributed by atoms with Crippen LogP contribution in [0.2, 0.25) is 5.02 Å². The maximum absolute atomic E-state index is 14.0. The fourth-order valence-corrected chi connectivity index (χ4v) is 5.59. The zero-order valence-electron chi connectivity index (χ0n) is 24.4. The van der Waals surface area contributed by atoms with Crippen LogP contribution in [-0.2, 0) is 34.2 Å². The summed E-state index contributed by atoms with van der Waals surface area (Å²) in [6.45, 7) is 5.04. The molecule has 1 heterocycles. The van der Waals surface area contributed by atoms with Gasteiger partial charge in [0.1, 0.15) is 18.2 Å². The number of benzene rings is 2. The number of aromatic nitrogens is 1. The number of fused-ring (bicyclic) bond motifs is 1. The van der Waals surface area contributed by atoms with E-state index in [-0.39, 0.29) is 43.9 Å². The number of hydrazine groups is 1. The third kappa shape index (κ3) is 10.8. The molecule has 2 N–H and O–H groups in total. The van der Waals surface area contributed by atoms with Gasteiger partial charge in [0.25, 0.3) is 0 Å². The molecule has 11 nitrogen and oxygen atoms in total. The molecule has 0 spiro atoms. The number of amides is 2. The normalized spacial score (nSPS) is 12.2. The van der Waals surface area contributed by atoms with Crippen LogP contribution in [0.1, 0.15) is 45.6 Å². The lowest BCUT2D eigenvalue weighted by Crippen LogP contribution is -2.50. The van der Waals surface area contributed by atoms with Gasteiger partial charge in [-0.2, -0.15) is 0 Å². The van der Waals surface area contributed by atoms with Crippen molar-refractivity contribution in [2.45, 2.75) is 52.6 Å². The number of hydrogen-bond acceptors (Lipinski definition) is 9. The summed E-state index contributed by atoms with van der Waals surface area (Å²) in [6.07, 6.45) is 2.23. The zero-order chi connectivity index (χ0) is 31.2. The Morgan fingerprint density at radius 3 is 2.47 bits per heavy atom. The monoisotopic (exact) mass is 638 g/mol. The van der Waals surface area contributed by atoms with E-state index in [0.717, 1.165) is 10.8 Å². The van der Waals surface area contributed by atoms with Gasteiger partial charge in [0.05, 0.1) is 30.9 Å². The van der Waals surface area contributed by atoms with Crippen LogP contribution >= 0.6 is 19.4 Å². The molecule has 1 unspecified atom stereocenters. The third-order valence-corrected chi connectivity index (χ3v) is 8.27. The number of phosphoric acid groups is 1. The van der Waals surface area contributed by atoms with Crippen LogP contribution in [0.25, 0.3) is 10.8 Å². The fourth-order valence-electron chi connectivity index (χ4n) is 4.19. The van der Waals surface area contributed by atoms with Crippen LogP contribution in [0.5, 0.6) is 0 Å². The largest absolute Gasteiger partial charge is 0.474 e. The highest BCUT2D eigenvalue weighted by Gasteiger charge is 2.26. The van der Waals surface area contributed by atoms with E-state index >= 15 is 0 Å². The molecule has 0 aliphatic carbocycles. The molecule has 43 heavy (non-hydrogen) atoms. The molecule has 14 heteroatoms. The summed E-state index contributed by atoms with van der Waals surface area (Å²) in [4.78, 5) is 29.6. The Labute approximate surface area is 255 Å². The average molecular weight is 639 g/mol. The van der Waals surface area contributed by atoms with Gasteiger partial charge in [0.2, 0.25) is 5.91 Å². The van der Waals surface area contributed by atoms with Crippen molar-refractivity contribution in [3.63, 3.8) is 0 Å². The Balaban J connectivity index is 1.65. The van der Waals surface area contributed by atoms with Gasteiger partial charge in [0, 0.05) is 25.1 Å². The molecule has 1 aromatic heterocycles. The SMILES string of the molecule is CCOP(=O)(OCC)OCCCCC(COC(=O)Nc1cc2ccccc2cn1)N(NCc1cccc(F)c1Cl)C(C)=O. The molecule has 0 saturated heterocycles. The molecule has 0 aliphatic rings. The number of carbonyl (C=O) groups is 2. The molecule has 2 aromatic carbocycles. The summed E-state index contributed by atoms with van der Waals surface area (Å²) in [6, 6.07) is 13.1. The predicted molar refractivity (Wildman–Crippen MR) is 162 cm³/mol. The lowest BCUT2D eigenvalue weighted by atomic mass is 10.1. The molecule has 3 aromatic rings.